The summed E-state index contributed by atoms with van der Waals surface area (Å²) in [6, 6.07) is 0. The lowest BCUT2D eigenvalue weighted by Gasteiger charge is -2.18. The van der Waals surface area contributed by atoms with E-state index in [1.165, 1.54) is 231 Å². The van der Waals surface area contributed by atoms with Gasteiger partial charge in [0.15, 0.2) is 6.10 Å². The topological polar surface area (TPSA) is 78.9 Å². The van der Waals surface area contributed by atoms with Crippen molar-refractivity contribution in [3.63, 3.8) is 0 Å². The first-order valence-electron chi connectivity index (χ1n) is 32.5. The Morgan fingerprint density at radius 3 is 0.836 bits per heavy atom. The average Bonchev–Trinajstić information content (AvgIpc) is 3.39. The molecule has 0 aromatic rings. The van der Waals surface area contributed by atoms with Gasteiger partial charge in [0.05, 0.1) is 0 Å². The van der Waals surface area contributed by atoms with Gasteiger partial charge in [0.1, 0.15) is 13.2 Å². The summed E-state index contributed by atoms with van der Waals surface area (Å²) >= 11 is 0. The molecule has 6 nitrogen and oxygen atoms in total. The van der Waals surface area contributed by atoms with E-state index in [2.05, 4.69) is 57.2 Å². The second-order valence-corrected chi connectivity index (χ2v) is 22.0. The van der Waals surface area contributed by atoms with Crippen molar-refractivity contribution in [2.24, 2.45) is 0 Å². The van der Waals surface area contributed by atoms with Gasteiger partial charge in [-0.1, -0.05) is 320 Å². The number of hydrogen-bond donors (Lipinski definition) is 0. The number of unbranched alkanes of at least 4 members (excludes halogenated alkanes) is 43. The van der Waals surface area contributed by atoms with Crippen molar-refractivity contribution in [2.45, 2.75) is 361 Å². The van der Waals surface area contributed by atoms with Crippen molar-refractivity contribution in [3.05, 3.63) is 36.5 Å². The van der Waals surface area contributed by atoms with Gasteiger partial charge < -0.3 is 14.2 Å². The highest BCUT2D eigenvalue weighted by Gasteiger charge is 2.19. The van der Waals surface area contributed by atoms with E-state index in [0.717, 1.165) is 83.5 Å². The fourth-order valence-electron chi connectivity index (χ4n) is 9.81. The molecular weight excluding hydrogens is 901 g/mol. The molecule has 0 heterocycles. The summed E-state index contributed by atoms with van der Waals surface area (Å²) in [6.45, 7) is 6.50. The highest BCUT2D eigenvalue weighted by atomic mass is 16.6. The van der Waals surface area contributed by atoms with Crippen molar-refractivity contribution < 1.29 is 28.6 Å². The molecule has 0 bridgehead atoms. The molecule has 6 heteroatoms. The van der Waals surface area contributed by atoms with Crippen molar-refractivity contribution in [3.8, 4) is 0 Å². The molecule has 0 amide bonds. The summed E-state index contributed by atoms with van der Waals surface area (Å²) in [5, 5.41) is 0. The van der Waals surface area contributed by atoms with Gasteiger partial charge in [0, 0.05) is 19.3 Å². The average molecular weight is 1030 g/mol. The monoisotopic (exact) mass is 1020 g/mol. The minimum atomic E-state index is -0.782. The van der Waals surface area contributed by atoms with E-state index in [9.17, 15) is 14.4 Å². The maximum Gasteiger partial charge on any atom is 0.306 e. The van der Waals surface area contributed by atoms with Crippen LogP contribution in [0.25, 0.3) is 0 Å². The highest BCUT2D eigenvalue weighted by molar-refractivity contribution is 5.71. The molecular formula is C67H124O6. The Labute approximate surface area is 455 Å². The van der Waals surface area contributed by atoms with Gasteiger partial charge in [-0.3, -0.25) is 14.4 Å². The maximum absolute atomic E-state index is 12.8. The summed E-state index contributed by atoms with van der Waals surface area (Å²) in [5.41, 5.74) is 0. The highest BCUT2D eigenvalue weighted by Crippen LogP contribution is 2.18. The lowest BCUT2D eigenvalue weighted by atomic mass is 10.0. The molecule has 0 aromatic carbocycles. The van der Waals surface area contributed by atoms with E-state index in [0.29, 0.717) is 19.3 Å². The number of carbonyl (C=O) groups is 3. The predicted molar refractivity (Wildman–Crippen MR) is 316 cm³/mol. The molecule has 0 saturated heterocycles. The Morgan fingerprint density at radius 1 is 0.288 bits per heavy atom. The molecule has 0 rings (SSSR count). The van der Waals surface area contributed by atoms with Gasteiger partial charge in [0.25, 0.3) is 0 Å². The summed E-state index contributed by atoms with van der Waals surface area (Å²) in [4.78, 5) is 37.9. The zero-order valence-corrected chi connectivity index (χ0v) is 49.2. The largest absolute Gasteiger partial charge is 0.462 e. The zero-order valence-electron chi connectivity index (χ0n) is 49.2. The van der Waals surface area contributed by atoms with Gasteiger partial charge in [-0.05, 0) is 51.4 Å². The van der Waals surface area contributed by atoms with Gasteiger partial charge in [-0.15, -0.1) is 0 Å². The molecule has 0 spiro atoms. The van der Waals surface area contributed by atoms with Crippen molar-refractivity contribution >= 4 is 17.9 Å². The van der Waals surface area contributed by atoms with Crippen LogP contribution in [-0.4, -0.2) is 37.2 Å². The van der Waals surface area contributed by atoms with Crippen LogP contribution in [0.3, 0.4) is 0 Å². The molecule has 0 aromatic heterocycles. The molecule has 0 fully saturated rings. The SMILES string of the molecule is CC/C=C\C/C=C\C/C=C\CCCCCC(=O)OC(COC(=O)CCCCCCCCC)COC(=O)CCCCCCCCCCCCCCCCCCCCCCCCCCCCCCCCCCCCC. The molecule has 0 aliphatic heterocycles. The molecule has 0 N–H and O–H groups in total. The molecule has 0 saturated carbocycles. The lowest BCUT2D eigenvalue weighted by molar-refractivity contribution is -0.167. The third-order valence-electron chi connectivity index (χ3n) is 14.7. The van der Waals surface area contributed by atoms with E-state index in [1.807, 2.05) is 0 Å². The Kier molecular flexibility index (Phi) is 60.2. The van der Waals surface area contributed by atoms with Crippen molar-refractivity contribution in [1.82, 2.24) is 0 Å². The van der Waals surface area contributed by atoms with E-state index in [1.54, 1.807) is 0 Å². The van der Waals surface area contributed by atoms with Crippen LogP contribution in [0.1, 0.15) is 355 Å². The fourth-order valence-corrected chi connectivity index (χ4v) is 9.81. The molecule has 73 heavy (non-hydrogen) atoms. The number of rotatable bonds is 60. The van der Waals surface area contributed by atoms with Crippen LogP contribution in [0, 0.1) is 0 Å². The van der Waals surface area contributed by atoms with Gasteiger partial charge >= 0.3 is 17.9 Å². The Balaban J connectivity index is 3.87. The fraction of sp³-hybridized carbons (Fsp3) is 0.866. The third kappa shape index (κ3) is 60.4. The first-order chi connectivity index (χ1) is 36.0. The second-order valence-electron chi connectivity index (χ2n) is 22.0. The summed E-state index contributed by atoms with van der Waals surface area (Å²) in [6.07, 6.45) is 76.6. The third-order valence-corrected chi connectivity index (χ3v) is 14.7. The van der Waals surface area contributed by atoms with Crippen LogP contribution in [0.15, 0.2) is 36.5 Å². The first-order valence-corrected chi connectivity index (χ1v) is 32.5. The Hall–Kier alpha value is -2.37. The minimum absolute atomic E-state index is 0.0803. The number of esters is 3. The Bertz CT molecular complexity index is 1220. The molecule has 0 aliphatic carbocycles. The van der Waals surface area contributed by atoms with E-state index < -0.39 is 6.10 Å². The smallest absolute Gasteiger partial charge is 0.306 e. The summed E-state index contributed by atoms with van der Waals surface area (Å²) in [7, 11) is 0. The van der Waals surface area contributed by atoms with Crippen LogP contribution in [0.5, 0.6) is 0 Å². The maximum atomic E-state index is 12.8. The second kappa shape index (κ2) is 62.2. The number of allylic oxidation sites excluding steroid dienone is 6. The molecule has 0 radical (unpaired) electrons. The van der Waals surface area contributed by atoms with Crippen molar-refractivity contribution in [2.75, 3.05) is 13.2 Å². The van der Waals surface area contributed by atoms with Crippen LogP contribution in [0.4, 0.5) is 0 Å². The van der Waals surface area contributed by atoms with E-state index in [-0.39, 0.29) is 31.1 Å². The number of ether oxygens (including phenoxy) is 3. The van der Waals surface area contributed by atoms with E-state index in [4.69, 9.17) is 14.2 Å². The van der Waals surface area contributed by atoms with Crippen LogP contribution < -0.4 is 0 Å². The van der Waals surface area contributed by atoms with Crippen LogP contribution in [-0.2, 0) is 28.6 Å². The minimum Gasteiger partial charge on any atom is -0.462 e. The molecule has 1 atom stereocenters. The normalized spacial score (nSPS) is 12.2. The van der Waals surface area contributed by atoms with Crippen LogP contribution >= 0.6 is 0 Å². The Morgan fingerprint density at radius 2 is 0.534 bits per heavy atom. The predicted octanol–water partition coefficient (Wildman–Crippen LogP) is 22.0. The lowest BCUT2D eigenvalue weighted by Crippen LogP contribution is -2.30. The summed E-state index contributed by atoms with van der Waals surface area (Å²) in [5.74, 6) is -0.901. The number of hydrogen-bond acceptors (Lipinski definition) is 6. The number of carbonyl (C=O) groups excluding carboxylic acids is 3. The van der Waals surface area contributed by atoms with Crippen LogP contribution in [0.2, 0.25) is 0 Å². The van der Waals surface area contributed by atoms with Crippen molar-refractivity contribution in [1.29, 1.82) is 0 Å². The van der Waals surface area contributed by atoms with E-state index >= 15 is 0 Å². The van der Waals surface area contributed by atoms with Gasteiger partial charge in [0.2, 0.25) is 0 Å². The standard InChI is InChI=1S/C67H124O6/c1-4-7-10-13-16-18-20-22-23-24-25-26-27-28-29-30-31-32-33-34-35-36-37-38-39-40-41-42-43-45-46-48-51-54-57-60-66(69)72-63-64(62-71-65(68)59-56-53-50-15-12-9-6-3)73-67(70)61-58-55-52-49-47-44-21-19-17-14-11-8-5-2/h8,11,17,19,44,47,64H,4-7,9-10,12-16,18,20-43,45-46,48-63H2,1-3H3/b11-8-,19-17-,47-44-. The van der Waals surface area contributed by atoms with Gasteiger partial charge in [-0.25, -0.2) is 0 Å². The quantitative estimate of drug-likeness (QED) is 0.0261. The molecule has 428 valence electrons. The molecule has 0 aliphatic rings. The molecule has 1 unspecified atom stereocenters. The zero-order chi connectivity index (χ0) is 52.9. The first kappa shape index (κ1) is 70.6. The van der Waals surface area contributed by atoms with Gasteiger partial charge in [-0.2, -0.15) is 0 Å². The summed E-state index contributed by atoms with van der Waals surface area (Å²) < 4.78 is 16.8.